The zero-order chi connectivity index (χ0) is 23.9. The van der Waals surface area contributed by atoms with Crippen molar-refractivity contribution in [2.24, 2.45) is 0 Å². The van der Waals surface area contributed by atoms with Crippen molar-refractivity contribution in [3.05, 3.63) is 87.6 Å². The predicted octanol–water partition coefficient (Wildman–Crippen LogP) is 5.29. The summed E-state index contributed by atoms with van der Waals surface area (Å²) in [6.07, 6.45) is -1.99. The van der Waals surface area contributed by atoms with Crippen LogP contribution in [0.3, 0.4) is 0 Å². The molecule has 1 aliphatic carbocycles. The number of fused-ring (bicyclic) bond motifs is 1. The van der Waals surface area contributed by atoms with Crippen molar-refractivity contribution in [3.63, 3.8) is 0 Å². The first-order chi connectivity index (χ1) is 15.5. The molecule has 0 fully saturated rings. The van der Waals surface area contributed by atoms with Crippen LogP contribution in [0, 0.1) is 22.7 Å². The van der Waals surface area contributed by atoms with Gasteiger partial charge in [-0.1, -0.05) is 0 Å². The normalized spacial score (nSPS) is 13.0. The molecule has 5 nitrogen and oxygen atoms in total. The molecule has 172 valence electrons. The number of halogens is 6. The Labute approximate surface area is 182 Å². The van der Waals surface area contributed by atoms with E-state index in [4.69, 9.17) is 4.74 Å². The number of pyridine rings is 1. The highest BCUT2D eigenvalue weighted by Gasteiger charge is 2.35. The summed E-state index contributed by atoms with van der Waals surface area (Å²) < 4.78 is 88.5. The minimum atomic E-state index is -4.97. The third-order valence-electron chi connectivity index (χ3n) is 5.11. The number of carbonyl (C=O) groups excluding carboxylic acids is 1. The van der Waals surface area contributed by atoms with Crippen molar-refractivity contribution < 1.29 is 40.6 Å². The van der Waals surface area contributed by atoms with E-state index in [2.05, 4.69) is 5.32 Å². The molecule has 0 radical (unpaired) electrons. The largest absolute Gasteiger partial charge is 0.619 e. The summed E-state index contributed by atoms with van der Waals surface area (Å²) in [5.74, 6) is -6.28. The molecule has 0 bridgehead atoms. The number of aromatic nitrogens is 1. The summed E-state index contributed by atoms with van der Waals surface area (Å²) in [5.41, 5.74) is -2.15. The molecule has 33 heavy (non-hydrogen) atoms. The summed E-state index contributed by atoms with van der Waals surface area (Å²) in [4.78, 5) is 12.7. The maximum Gasteiger partial charge on any atom is 0.416 e. The quantitative estimate of drug-likeness (QED) is 0.322. The van der Waals surface area contributed by atoms with Gasteiger partial charge < -0.3 is 15.3 Å². The van der Waals surface area contributed by atoms with Crippen LogP contribution in [0.2, 0.25) is 0 Å². The average Bonchev–Trinajstić information content (AvgIpc) is 3.21. The fourth-order valence-corrected chi connectivity index (χ4v) is 3.65. The summed E-state index contributed by atoms with van der Waals surface area (Å²) in [7, 11) is 0. The number of hydrogen-bond acceptors (Lipinski definition) is 3. The van der Waals surface area contributed by atoms with Crippen LogP contribution in [0.25, 0.3) is 0 Å². The zero-order valence-corrected chi connectivity index (χ0v) is 16.6. The number of nitrogens with one attached hydrogen (secondary N) is 1. The van der Waals surface area contributed by atoms with Crippen LogP contribution in [-0.4, -0.2) is 5.91 Å². The first kappa shape index (κ1) is 22.4. The van der Waals surface area contributed by atoms with Gasteiger partial charge in [0.1, 0.15) is 28.6 Å². The summed E-state index contributed by atoms with van der Waals surface area (Å²) in [5, 5.41) is 13.6. The molecule has 2 aromatic carbocycles. The fourth-order valence-electron chi connectivity index (χ4n) is 3.65. The predicted molar refractivity (Wildman–Crippen MR) is 103 cm³/mol. The van der Waals surface area contributed by atoms with Crippen LogP contribution in [0.15, 0.2) is 42.7 Å². The molecule has 0 atom stereocenters. The number of nitrogens with zero attached hydrogens (tertiary/aromatic N) is 1. The monoisotopic (exact) mass is 468 g/mol. The number of amides is 1. The Hall–Kier alpha value is -3.76. The molecule has 11 heteroatoms. The van der Waals surface area contributed by atoms with E-state index in [0.29, 0.717) is 23.3 Å². The molecule has 1 amide bonds. The Balaban J connectivity index is 1.81. The van der Waals surface area contributed by atoms with Crippen molar-refractivity contribution >= 4 is 11.6 Å². The molecule has 3 aromatic rings. The van der Waals surface area contributed by atoms with E-state index in [1.807, 2.05) is 0 Å². The van der Waals surface area contributed by atoms with Crippen molar-refractivity contribution in [2.45, 2.75) is 25.4 Å². The van der Waals surface area contributed by atoms with Crippen molar-refractivity contribution in [2.75, 3.05) is 5.32 Å². The lowest BCUT2D eigenvalue weighted by Gasteiger charge is -2.17. The molecule has 0 spiro atoms. The van der Waals surface area contributed by atoms with Gasteiger partial charge in [0, 0.05) is 17.7 Å². The number of ether oxygens (including phenoxy) is 1. The molecule has 4 rings (SSSR count). The molecule has 1 heterocycles. The van der Waals surface area contributed by atoms with Gasteiger partial charge in [-0.25, -0.2) is 13.2 Å². The summed E-state index contributed by atoms with van der Waals surface area (Å²) in [6, 6.07) is 3.76. The molecular formula is C22H14F6N2O3. The fraction of sp³-hybridized carbons (Fsp3) is 0.182. The van der Waals surface area contributed by atoms with Crippen LogP contribution >= 0.6 is 0 Å². The summed E-state index contributed by atoms with van der Waals surface area (Å²) >= 11 is 0. The smallest absolute Gasteiger partial charge is 0.416 e. The number of alkyl halides is 3. The number of benzene rings is 2. The third kappa shape index (κ3) is 4.43. The van der Waals surface area contributed by atoms with E-state index in [0.717, 1.165) is 12.4 Å². The van der Waals surface area contributed by atoms with Gasteiger partial charge in [0.15, 0.2) is 17.8 Å². The van der Waals surface area contributed by atoms with Gasteiger partial charge in [0.05, 0.1) is 5.56 Å². The van der Waals surface area contributed by atoms with Crippen LogP contribution in [0.5, 0.6) is 11.5 Å². The lowest BCUT2D eigenvalue weighted by Crippen LogP contribution is -2.26. The van der Waals surface area contributed by atoms with Crippen LogP contribution in [0.1, 0.15) is 33.5 Å². The molecule has 0 unspecified atom stereocenters. The second-order valence-corrected chi connectivity index (χ2v) is 7.32. The van der Waals surface area contributed by atoms with E-state index in [9.17, 15) is 36.3 Å². The minimum Gasteiger partial charge on any atom is -0.619 e. The maximum absolute atomic E-state index is 14.8. The minimum absolute atomic E-state index is 0.0211. The average molecular weight is 468 g/mol. The number of hydrogen-bond donors (Lipinski definition) is 1. The lowest BCUT2D eigenvalue weighted by atomic mass is 10.1. The molecule has 0 saturated heterocycles. The maximum atomic E-state index is 14.8. The molecule has 0 saturated carbocycles. The van der Waals surface area contributed by atoms with Gasteiger partial charge in [0.2, 0.25) is 6.20 Å². The van der Waals surface area contributed by atoms with Crippen molar-refractivity contribution in [3.8, 4) is 11.5 Å². The van der Waals surface area contributed by atoms with Gasteiger partial charge in [-0.2, -0.15) is 17.9 Å². The van der Waals surface area contributed by atoms with Crippen LogP contribution < -0.4 is 14.8 Å². The second-order valence-electron chi connectivity index (χ2n) is 7.32. The van der Waals surface area contributed by atoms with E-state index >= 15 is 0 Å². The third-order valence-corrected chi connectivity index (χ3v) is 5.11. The number of anilines is 1. The SMILES string of the molecule is O=C(Nc1ccc[n+]([O-])c1)c1c(F)cc(C(F)(F)F)cc1Oc1cc(F)c(F)c2c1CCC2. The Morgan fingerprint density at radius 2 is 1.76 bits per heavy atom. The summed E-state index contributed by atoms with van der Waals surface area (Å²) in [6.45, 7) is 0. The number of carbonyl (C=O) groups is 1. The Morgan fingerprint density at radius 1 is 1.03 bits per heavy atom. The Morgan fingerprint density at radius 3 is 2.45 bits per heavy atom. The Bertz CT molecular complexity index is 1260. The van der Waals surface area contributed by atoms with Gasteiger partial charge >= 0.3 is 6.18 Å². The highest BCUT2D eigenvalue weighted by molar-refractivity contribution is 6.06. The van der Waals surface area contributed by atoms with Gasteiger partial charge in [-0.3, -0.25) is 4.79 Å². The zero-order valence-electron chi connectivity index (χ0n) is 16.6. The molecule has 1 aromatic heterocycles. The van der Waals surface area contributed by atoms with Crippen LogP contribution in [-0.2, 0) is 19.0 Å². The van der Waals surface area contributed by atoms with Crippen molar-refractivity contribution in [1.82, 2.24) is 0 Å². The lowest BCUT2D eigenvalue weighted by molar-refractivity contribution is -0.604. The molecule has 0 aliphatic heterocycles. The highest BCUT2D eigenvalue weighted by Crippen LogP contribution is 2.40. The first-order valence-electron chi connectivity index (χ1n) is 9.63. The van der Waals surface area contributed by atoms with E-state index in [1.165, 1.54) is 12.1 Å². The standard InChI is InChI=1S/C22H14F6N2O3/c23-15-7-11(22(26,27)28)8-18(19(15)21(31)29-12-3-2-6-30(32)10-12)33-17-9-16(24)20(25)14-5-1-4-13(14)17/h2-3,6-10H,1,4-5H2,(H,29,31). The van der Waals surface area contributed by atoms with Crippen molar-refractivity contribution in [1.29, 1.82) is 0 Å². The first-order valence-corrected chi connectivity index (χ1v) is 9.63. The molecule has 1 aliphatic rings. The highest BCUT2D eigenvalue weighted by atomic mass is 19.4. The van der Waals surface area contributed by atoms with E-state index in [-0.39, 0.29) is 41.5 Å². The Kier molecular flexibility index (Phi) is 5.64. The van der Waals surface area contributed by atoms with E-state index in [1.54, 1.807) is 0 Å². The van der Waals surface area contributed by atoms with Gasteiger partial charge in [0.25, 0.3) is 5.91 Å². The van der Waals surface area contributed by atoms with Gasteiger partial charge in [-0.05, 0) is 43.0 Å². The van der Waals surface area contributed by atoms with E-state index < -0.39 is 46.4 Å². The molecular weight excluding hydrogens is 454 g/mol. The molecule has 1 N–H and O–H groups in total. The topological polar surface area (TPSA) is 65.3 Å². The van der Waals surface area contributed by atoms with Crippen LogP contribution in [0.4, 0.5) is 32.0 Å². The second kappa shape index (κ2) is 8.30. The number of rotatable bonds is 4. The van der Waals surface area contributed by atoms with Gasteiger partial charge in [-0.15, -0.1) is 0 Å².